The van der Waals surface area contributed by atoms with Crippen LogP contribution in [0.2, 0.25) is 0 Å². The number of carboxylic acids is 1. The van der Waals surface area contributed by atoms with Crippen LogP contribution in [0.5, 0.6) is 0 Å². The molecular formula is C24H44LiNO2. The molecule has 28 heavy (non-hydrogen) atoms. The number of carboxylic acid groups (broad SMARTS) is 1. The predicted octanol–water partition coefficient (Wildman–Crippen LogP) is 2.66. The van der Waals surface area contributed by atoms with Crippen LogP contribution in [-0.2, 0) is 4.79 Å². The first kappa shape index (κ1) is 29.7. The summed E-state index contributed by atoms with van der Waals surface area (Å²) >= 11 is 0. The van der Waals surface area contributed by atoms with Crippen molar-refractivity contribution >= 4 is 5.97 Å². The zero-order valence-corrected chi connectivity index (χ0v) is 19.1. The van der Waals surface area contributed by atoms with Gasteiger partial charge in [-0.2, -0.15) is 0 Å². The third kappa shape index (κ3) is 23.5. The van der Waals surface area contributed by atoms with Gasteiger partial charge in [-0.05, 0) is 65.5 Å². The fraction of sp³-hybridized carbons (Fsp3) is 0.792. The third-order valence-electron chi connectivity index (χ3n) is 5.01. The minimum atomic E-state index is -0.942. The van der Waals surface area contributed by atoms with Gasteiger partial charge in [-0.15, -0.1) is 0 Å². The Kier molecular flexibility index (Phi) is 26.0. The number of nitrogens with zero attached hydrogens (tertiary/aromatic N) is 1. The van der Waals surface area contributed by atoms with Crippen molar-refractivity contribution in [1.29, 1.82) is 0 Å². The van der Waals surface area contributed by atoms with E-state index in [9.17, 15) is 9.90 Å². The molecule has 0 bridgehead atoms. The second-order valence-electron chi connectivity index (χ2n) is 7.61. The summed E-state index contributed by atoms with van der Waals surface area (Å²) in [6.45, 7) is 6.04. The largest absolute Gasteiger partial charge is 1.00 e. The van der Waals surface area contributed by atoms with Gasteiger partial charge in [0.1, 0.15) is 0 Å². The van der Waals surface area contributed by atoms with Crippen molar-refractivity contribution in [2.45, 2.75) is 104 Å². The van der Waals surface area contributed by atoms with E-state index in [2.05, 4.69) is 43.1 Å². The zero-order valence-electron chi connectivity index (χ0n) is 19.1. The standard InChI is InChI=1S/C24H45NO2.Li/c1-3-5-7-9-11-13-15-17-19-21-25(23-24(26)27)22-20-18-16-14-12-10-8-6-4-2;/h3-6H,7-23H2,1-2H3,(H,26,27);/q;+1/p-1/b5-3+,6-4+;. The molecule has 0 fully saturated rings. The first-order valence-corrected chi connectivity index (χ1v) is 11.3. The van der Waals surface area contributed by atoms with Gasteiger partial charge in [0.25, 0.3) is 0 Å². The van der Waals surface area contributed by atoms with E-state index in [1.807, 2.05) is 0 Å². The van der Waals surface area contributed by atoms with Gasteiger partial charge in [0.05, 0.1) is 5.97 Å². The molecule has 0 aromatic rings. The quantitative estimate of drug-likeness (QED) is 0.184. The summed E-state index contributed by atoms with van der Waals surface area (Å²) in [7, 11) is 0. The normalized spacial score (nSPS) is 11.5. The van der Waals surface area contributed by atoms with Gasteiger partial charge in [0.2, 0.25) is 0 Å². The molecule has 158 valence electrons. The van der Waals surface area contributed by atoms with E-state index < -0.39 is 5.97 Å². The average molecular weight is 386 g/mol. The van der Waals surface area contributed by atoms with E-state index in [1.165, 1.54) is 77.0 Å². The molecule has 0 aromatic carbocycles. The molecule has 4 heteroatoms. The number of hydrogen-bond acceptors (Lipinski definition) is 3. The Balaban J connectivity index is 0. The minimum absolute atomic E-state index is 0. The van der Waals surface area contributed by atoms with Crippen molar-refractivity contribution in [1.82, 2.24) is 4.90 Å². The molecule has 0 N–H and O–H groups in total. The summed E-state index contributed by atoms with van der Waals surface area (Å²) in [5.74, 6) is -0.942. The van der Waals surface area contributed by atoms with E-state index in [-0.39, 0.29) is 25.4 Å². The second-order valence-corrected chi connectivity index (χ2v) is 7.61. The van der Waals surface area contributed by atoms with Crippen molar-refractivity contribution in [3.8, 4) is 0 Å². The first-order valence-electron chi connectivity index (χ1n) is 11.3. The Morgan fingerprint density at radius 2 is 1.04 bits per heavy atom. The molecule has 0 radical (unpaired) electrons. The maximum absolute atomic E-state index is 11.0. The zero-order chi connectivity index (χ0) is 20.0. The Bertz CT molecular complexity index is 355. The van der Waals surface area contributed by atoms with E-state index in [1.54, 1.807) is 0 Å². The summed E-state index contributed by atoms with van der Waals surface area (Å²) < 4.78 is 0. The Labute approximate surface area is 187 Å². The summed E-state index contributed by atoms with van der Waals surface area (Å²) in [5.41, 5.74) is 0. The van der Waals surface area contributed by atoms with Gasteiger partial charge >= 0.3 is 18.9 Å². The molecular weight excluding hydrogens is 341 g/mol. The van der Waals surface area contributed by atoms with Crippen LogP contribution in [-0.4, -0.2) is 30.5 Å². The minimum Gasteiger partial charge on any atom is -0.549 e. The van der Waals surface area contributed by atoms with Crippen LogP contribution in [0.25, 0.3) is 0 Å². The summed E-state index contributed by atoms with van der Waals surface area (Å²) in [5, 5.41) is 11.0. The van der Waals surface area contributed by atoms with Crippen LogP contribution in [0.1, 0.15) is 104 Å². The monoisotopic (exact) mass is 385 g/mol. The molecule has 0 atom stereocenters. The molecule has 0 aromatic heterocycles. The molecule has 3 nitrogen and oxygen atoms in total. The number of carbonyl (C=O) groups excluding carboxylic acids is 1. The molecule has 0 aliphatic carbocycles. The summed E-state index contributed by atoms with van der Waals surface area (Å²) in [6, 6.07) is 0. The fourth-order valence-electron chi connectivity index (χ4n) is 3.40. The molecule has 0 saturated heterocycles. The van der Waals surface area contributed by atoms with Crippen molar-refractivity contribution in [3.63, 3.8) is 0 Å². The third-order valence-corrected chi connectivity index (χ3v) is 5.01. The molecule has 0 spiro atoms. The maximum Gasteiger partial charge on any atom is 1.00 e. The van der Waals surface area contributed by atoms with Gasteiger partial charge in [-0.3, -0.25) is 4.90 Å². The van der Waals surface area contributed by atoms with Gasteiger partial charge in [-0.1, -0.05) is 75.7 Å². The Morgan fingerprint density at radius 3 is 1.39 bits per heavy atom. The molecule has 0 amide bonds. The molecule has 0 aliphatic rings. The van der Waals surface area contributed by atoms with Crippen LogP contribution < -0.4 is 24.0 Å². The molecule has 0 rings (SSSR count). The van der Waals surface area contributed by atoms with E-state index in [0.717, 1.165) is 25.9 Å². The first-order chi connectivity index (χ1) is 13.2. The van der Waals surface area contributed by atoms with Crippen LogP contribution in [0.3, 0.4) is 0 Å². The van der Waals surface area contributed by atoms with E-state index >= 15 is 0 Å². The van der Waals surface area contributed by atoms with Crippen molar-refractivity contribution in [2.75, 3.05) is 19.6 Å². The molecule has 0 aliphatic heterocycles. The van der Waals surface area contributed by atoms with Crippen molar-refractivity contribution in [2.24, 2.45) is 0 Å². The fourth-order valence-corrected chi connectivity index (χ4v) is 3.40. The van der Waals surface area contributed by atoms with E-state index in [4.69, 9.17) is 0 Å². The van der Waals surface area contributed by atoms with Crippen molar-refractivity contribution in [3.05, 3.63) is 24.3 Å². The van der Waals surface area contributed by atoms with Gasteiger partial charge in [0, 0.05) is 6.54 Å². The molecule has 0 unspecified atom stereocenters. The SMILES string of the molecule is C/C=C/CCCCCCCCN(CCCCCCCC/C=C/C)CC(=O)[O-].[Li+]. The molecule has 0 heterocycles. The van der Waals surface area contributed by atoms with Gasteiger partial charge < -0.3 is 9.90 Å². The summed E-state index contributed by atoms with van der Waals surface area (Å²) in [4.78, 5) is 13.0. The number of hydrogen-bond donors (Lipinski definition) is 0. The van der Waals surface area contributed by atoms with Gasteiger partial charge in [0.15, 0.2) is 0 Å². The topological polar surface area (TPSA) is 43.4 Å². The Morgan fingerprint density at radius 1 is 0.679 bits per heavy atom. The average Bonchev–Trinajstić information content (AvgIpc) is 2.64. The number of unbranched alkanes of at least 4 members (excludes halogenated alkanes) is 12. The van der Waals surface area contributed by atoms with Gasteiger partial charge in [-0.25, -0.2) is 0 Å². The Hall–Kier alpha value is -0.493. The smallest absolute Gasteiger partial charge is 0.549 e. The van der Waals surface area contributed by atoms with Crippen LogP contribution in [0.4, 0.5) is 0 Å². The maximum atomic E-state index is 11.0. The number of aliphatic carboxylic acids is 1. The predicted molar refractivity (Wildman–Crippen MR) is 116 cm³/mol. The number of carbonyl (C=O) groups is 1. The number of rotatable bonds is 20. The number of allylic oxidation sites excluding steroid dienone is 4. The van der Waals surface area contributed by atoms with E-state index in [0.29, 0.717) is 0 Å². The second kappa shape index (κ2) is 24.5. The van der Waals surface area contributed by atoms with Crippen LogP contribution in [0, 0.1) is 0 Å². The van der Waals surface area contributed by atoms with Crippen LogP contribution >= 0.6 is 0 Å². The summed E-state index contributed by atoms with van der Waals surface area (Å²) in [6.07, 6.45) is 26.1. The van der Waals surface area contributed by atoms with Crippen molar-refractivity contribution < 1.29 is 28.8 Å². The molecule has 0 saturated carbocycles. The van der Waals surface area contributed by atoms with Crippen LogP contribution in [0.15, 0.2) is 24.3 Å².